The molecule has 0 radical (unpaired) electrons. The lowest BCUT2D eigenvalue weighted by atomic mass is 10.1. The summed E-state index contributed by atoms with van der Waals surface area (Å²) >= 11 is 6.93. The molecule has 0 spiro atoms. The van der Waals surface area contributed by atoms with Gasteiger partial charge in [-0.3, -0.25) is 0 Å². The zero-order valence-corrected chi connectivity index (χ0v) is 13.8. The molecule has 0 saturated carbocycles. The number of hydrogen-bond acceptors (Lipinski definition) is 1. The van der Waals surface area contributed by atoms with E-state index in [0.717, 1.165) is 32.4 Å². The number of aromatic nitrogens is 2. The second-order valence-electron chi connectivity index (χ2n) is 4.56. The summed E-state index contributed by atoms with van der Waals surface area (Å²) in [5.41, 5.74) is 3.41. The van der Waals surface area contributed by atoms with Crippen molar-refractivity contribution in [2.24, 2.45) is 0 Å². The van der Waals surface area contributed by atoms with Crippen LogP contribution in [0.15, 0.2) is 63.7 Å². The van der Waals surface area contributed by atoms with E-state index >= 15 is 0 Å². The largest absolute Gasteiger partial charge is 0.342 e. The number of hydrogen-bond donors (Lipinski definition) is 1. The Kier molecular flexibility index (Phi) is 4.03. The van der Waals surface area contributed by atoms with E-state index in [2.05, 4.69) is 66.1 Å². The molecule has 2 aromatic carbocycles. The highest BCUT2D eigenvalue weighted by Crippen LogP contribution is 2.22. The van der Waals surface area contributed by atoms with Crippen LogP contribution in [0.1, 0.15) is 11.4 Å². The Balaban J connectivity index is 1.82. The monoisotopic (exact) mass is 390 g/mol. The molecule has 1 aromatic heterocycles. The smallest absolute Gasteiger partial charge is 0.110 e. The summed E-state index contributed by atoms with van der Waals surface area (Å²) in [6.45, 7) is 0. The average Bonchev–Trinajstić information content (AvgIpc) is 2.90. The second kappa shape index (κ2) is 5.94. The van der Waals surface area contributed by atoms with Crippen LogP contribution in [-0.2, 0) is 6.42 Å². The number of nitrogens with one attached hydrogen (secondary N) is 1. The lowest BCUT2D eigenvalue weighted by molar-refractivity contribution is 1.03. The summed E-state index contributed by atoms with van der Waals surface area (Å²) in [5.74, 6) is 0.974. The van der Waals surface area contributed by atoms with Gasteiger partial charge in [0.25, 0.3) is 0 Å². The molecule has 0 unspecified atom stereocenters. The van der Waals surface area contributed by atoms with Crippen LogP contribution in [0, 0.1) is 0 Å². The fraction of sp³-hybridized carbons (Fsp3) is 0.0625. The first kappa shape index (κ1) is 13.6. The molecular weight excluding hydrogens is 380 g/mol. The normalized spacial score (nSPS) is 10.7. The van der Waals surface area contributed by atoms with Crippen LogP contribution >= 0.6 is 31.9 Å². The van der Waals surface area contributed by atoms with Crippen LogP contribution in [0.2, 0.25) is 0 Å². The molecule has 0 atom stereocenters. The average molecular weight is 392 g/mol. The minimum Gasteiger partial charge on any atom is -0.342 e. The van der Waals surface area contributed by atoms with Crippen molar-refractivity contribution in [2.75, 3.05) is 0 Å². The van der Waals surface area contributed by atoms with Crippen molar-refractivity contribution in [2.45, 2.75) is 6.42 Å². The first-order valence-corrected chi connectivity index (χ1v) is 7.83. The van der Waals surface area contributed by atoms with Gasteiger partial charge < -0.3 is 4.98 Å². The van der Waals surface area contributed by atoms with E-state index in [1.165, 1.54) is 5.56 Å². The molecule has 1 N–H and O–H groups in total. The van der Waals surface area contributed by atoms with E-state index in [9.17, 15) is 0 Å². The molecule has 3 aromatic rings. The first-order chi connectivity index (χ1) is 9.70. The molecule has 100 valence electrons. The van der Waals surface area contributed by atoms with Gasteiger partial charge >= 0.3 is 0 Å². The van der Waals surface area contributed by atoms with Crippen molar-refractivity contribution in [3.05, 3.63) is 75.1 Å². The van der Waals surface area contributed by atoms with E-state index in [4.69, 9.17) is 0 Å². The van der Waals surface area contributed by atoms with Gasteiger partial charge in [-0.25, -0.2) is 4.98 Å². The third-order valence-electron chi connectivity index (χ3n) is 3.05. The summed E-state index contributed by atoms with van der Waals surface area (Å²) in [6.07, 6.45) is 2.69. The van der Waals surface area contributed by atoms with Crippen LogP contribution in [0.25, 0.3) is 11.3 Å². The molecule has 0 saturated heterocycles. The van der Waals surface area contributed by atoms with Crippen LogP contribution in [0.5, 0.6) is 0 Å². The summed E-state index contributed by atoms with van der Waals surface area (Å²) in [4.78, 5) is 7.83. The van der Waals surface area contributed by atoms with Gasteiger partial charge in [-0.2, -0.15) is 0 Å². The SMILES string of the molecule is Brc1ccc(Cc2ncc(-c3cccc(Br)c3)[nH]2)cc1. The predicted molar refractivity (Wildman–Crippen MR) is 88.7 cm³/mol. The topological polar surface area (TPSA) is 28.7 Å². The Morgan fingerprint density at radius 1 is 0.950 bits per heavy atom. The molecule has 4 heteroatoms. The number of benzene rings is 2. The van der Waals surface area contributed by atoms with Crippen LogP contribution in [0.3, 0.4) is 0 Å². The van der Waals surface area contributed by atoms with Crippen LogP contribution in [0.4, 0.5) is 0 Å². The summed E-state index contributed by atoms with van der Waals surface area (Å²) in [5, 5.41) is 0. The number of halogens is 2. The zero-order chi connectivity index (χ0) is 13.9. The third-order valence-corrected chi connectivity index (χ3v) is 4.07. The number of aromatic amines is 1. The molecule has 0 amide bonds. The predicted octanol–water partition coefficient (Wildman–Crippen LogP) is 5.19. The van der Waals surface area contributed by atoms with E-state index in [1.807, 2.05) is 30.5 Å². The van der Waals surface area contributed by atoms with Crippen molar-refractivity contribution in [3.63, 3.8) is 0 Å². The molecule has 20 heavy (non-hydrogen) atoms. The minimum atomic E-state index is 0.807. The van der Waals surface area contributed by atoms with Gasteiger partial charge in [-0.15, -0.1) is 0 Å². The molecule has 0 aliphatic rings. The maximum absolute atomic E-state index is 4.46. The van der Waals surface area contributed by atoms with Crippen LogP contribution in [-0.4, -0.2) is 9.97 Å². The number of H-pyrrole nitrogens is 1. The van der Waals surface area contributed by atoms with Crippen molar-refractivity contribution in [3.8, 4) is 11.3 Å². The van der Waals surface area contributed by atoms with Gasteiger partial charge in [0.2, 0.25) is 0 Å². The second-order valence-corrected chi connectivity index (χ2v) is 6.39. The molecule has 0 aliphatic carbocycles. The fourth-order valence-electron chi connectivity index (χ4n) is 2.05. The lowest BCUT2D eigenvalue weighted by Gasteiger charge is -2.00. The van der Waals surface area contributed by atoms with E-state index in [0.29, 0.717) is 0 Å². The molecule has 2 nitrogen and oxygen atoms in total. The summed E-state index contributed by atoms with van der Waals surface area (Å²) in [6, 6.07) is 16.5. The highest BCUT2D eigenvalue weighted by atomic mass is 79.9. The van der Waals surface area contributed by atoms with E-state index < -0.39 is 0 Å². The van der Waals surface area contributed by atoms with Gasteiger partial charge in [0.1, 0.15) is 5.82 Å². The van der Waals surface area contributed by atoms with Gasteiger partial charge in [-0.1, -0.05) is 56.1 Å². The molecule has 0 aliphatic heterocycles. The summed E-state index contributed by atoms with van der Waals surface area (Å²) < 4.78 is 2.16. The Morgan fingerprint density at radius 2 is 1.75 bits per heavy atom. The number of imidazole rings is 1. The van der Waals surface area contributed by atoms with Gasteiger partial charge in [0.15, 0.2) is 0 Å². The van der Waals surface area contributed by atoms with Gasteiger partial charge in [0, 0.05) is 20.9 Å². The number of nitrogens with zero attached hydrogens (tertiary/aromatic N) is 1. The third kappa shape index (κ3) is 3.19. The Hall–Kier alpha value is -1.39. The Labute approximate surface area is 134 Å². The maximum Gasteiger partial charge on any atom is 0.110 e. The first-order valence-electron chi connectivity index (χ1n) is 6.25. The summed E-state index contributed by atoms with van der Waals surface area (Å²) in [7, 11) is 0. The minimum absolute atomic E-state index is 0.807. The van der Waals surface area contributed by atoms with Crippen molar-refractivity contribution < 1.29 is 0 Å². The molecule has 3 rings (SSSR count). The standard InChI is InChI=1S/C16H12Br2N2/c17-13-6-4-11(5-7-13)8-16-19-10-15(20-16)12-2-1-3-14(18)9-12/h1-7,9-10H,8H2,(H,19,20). The van der Waals surface area contributed by atoms with Crippen molar-refractivity contribution >= 4 is 31.9 Å². The van der Waals surface area contributed by atoms with E-state index in [1.54, 1.807) is 0 Å². The molecule has 1 heterocycles. The van der Waals surface area contributed by atoms with Gasteiger partial charge in [0.05, 0.1) is 11.9 Å². The van der Waals surface area contributed by atoms with Crippen molar-refractivity contribution in [1.29, 1.82) is 0 Å². The van der Waals surface area contributed by atoms with Gasteiger partial charge in [-0.05, 0) is 29.8 Å². The fourth-order valence-corrected chi connectivity index (χ4v) is 2.71. The number of rotatable bonds is 3. The zero-order valence-electron chi connectivity index (χ0n) is 10.6. The van der Waals surface area contributed by atoms with Crippen LogP contribution < -0.4 is 0 Å². The molecular formula is C16H12Br2N2. The quantitative estimate of drug-likeness (QED) is 0.653. The highest BCUT2D eigenvalue weighted by Gasteiger charge is 2.04. The lowest BCUT2D eigenvalue weighted by Crippen LogP contribution is -1.90. The molecule has 0 bridgehead atoms. The highest BCUT2D eigenvalue weighted by molar-refractivity contribution is 9.10. The molecule has 0 fully saturated rings. The Bertz CT molecular complexity index is 717. The van der Waals surface area contributed by atoms with Crippen molar-refractivity contribution in [1.82, 2.24) is 9.97 Å². The Morgan fingerprint density at radius 3 is 2.50 bits per heavy atom. The van der Waals surface area contributed by atoms with E-state index in [-0.39, 0.29) is 0 Å². The maximum atomic E-state index is 4.46.